The number of piperidine rings is 1. The fourth-order valence-corrected chi connectivity index (χ4v) is 3.45. The first-order valence-electron chi connectivity index (χ1n) is 7.76. The molecular weight excluding hydrogens is 208 g/mol. The molecule has 2 aliphatic carbocycles. The van der Waals surface area contributed by atoms with Gasteiger partial charge in [0.05, 0.1) is 0 Å². The number of rotatable bonds is 5. The monoisotopic (exact) mass is 236 g/mol. The molecule has 2 heteroatoms. The van der Waals surface area contributed by atoms with Crippen molar-refractivity contribution >= 4 is 0 Å². The van der Waals surface area contributed by atoms with Gasteiger partial charge < -0.3 is 5.32 Å². The van der Waals surface area contributed by atoms with Crippen LogP contribution in [0.3, 0.4) is 0 Å². The molecule has 0 aromatic rings. The summed E-state index contributed by atoms with van der Waals surface area (Å²) in [7, 11) is 0. The van der Waals surface area contributed by atoms with Crippen LogP contribution >= 0.6 is 0 Å². The third-order valence-electron chi connectivity index (χ3n) is 5.07. The molecule has 0 radical (unpaired) electrons. The zero-order chi connectivity index (χ0) is 11.8. The van der Waals surface area contributed by atoms with Gasteiger partial charge in [-0.3, -0.25) is 4.90 Å². The van der Waals surface area contributed by atoms with Gasteiger partial charge in [-0.25, -0.2) is 0 Å². The highest BCUT2D eigenvalue weighted by Gasteiger charge is 2.37. The van der Waals surface area contributed by atoms with Crippen molar-refractivity contribution in [2.45, 2.75) is 70.5 Å². The van der Waals surface area contributed by atoms with Gasteiger partial charge in [-0.15, -0.1) is 0 Å². The summed E-state index contributed by atoms with van der Waals surface area (Å²) >= 11 is 0. The summed E-state index contributed by atoms with van der Waals surface area (Å²) in [4.78, 5) is 2.79. The molecule has 1 heterocycles. The Kier molecular flexibility index (Phi) is 3.45. The topological polar surface area (TPSA) is 15.3 Å². The fraction of sp³-hybridized carbons (Fsp3) is 1.00. The van der Waals surface area contributed by atoms with E-state index in [1.54, 1.807) is 0 Å². The molecule has 3 fully saturated rings. The summed E-state index contributed by atoms with van der Waals surface area (Å²) in [5.41, 5.74) is 0. The second-order valence-corrected chi connectivity index (χ2v) is 6.68. The van der Waals surface area contributed by atoms with E-state index in [9.17, 15) is 0 Å². The molecule has 0 aromatic carbocycles. The van der Waals surface area contributed by atoms with Gasteiger partial charge in [0.1, 0.15) is 0 Å². The highest BCUT2D eigenvalue weighted by atomic mass is 15.2. The normalized spacial score (nSPS) is 37.1. The van der Waals surface area contributed by atoms with E-state index < -0.39 is 0 Å². The maximum absolute atomic E-state index is 3.86. The standard InChI is InChI=1S/C15H28N2/c1-3-12-8-15(16-14-6-7-14)10-17(9-12)11(2)13-4-5-13/h11-16H,3-10H2,1-2H3. The van der Waals surface area contributed by atoms with Crippen molar-refractivity contribution in [2.75, 3.05) is 13.1 Å². The highest BCUT2D eigenvalue weighted by molar-refractivity contribution is 4.94. The fourth-order valence-electron chi connectivity index (χ4n) is 3.45. The minimum atomic E-state index is 0.780. The van der Waals surface area contributed by atoms with Crippen molar-refractivity contribution in [3.05, 3.63) is 0 Å². The number of hydrogen-bond acceptors (Lipinski definition) is 2. The second kappa shape index (κ2) is 4.89. The average Bonchev–Trinajstić information content (AvgIpc) is 3.20. The third kappa shape index (κ3) is 3.03. The molecule has 3 aliphatic rings. The first-order chi connectivity index (χ1) is 8.26. The Morgan fingerprint density at radius 1 is 1.12 bits per heavy atom. The van der Waals surface area contributed by atoms with Crippen LogP contribution in [0.2, 0.25) is 0 Å². The lowest BCUT2D eigenvalue weighted by Crippen LogP contribution is -2.52. The van der Waals surface area contributed by atoms with Crippen LogP contribution < -0.4 is 5.32 Å². The molecule has 0 amide bonds. The van der Waals surface area contributed by atoms with Gasteiger partial charge in [0.15, 0.2) is 0 Å². The second-order valence-electron chi connectivity index (χ2n) is 6.68. The van der Waals surface area contributed by atoms with E-state index in [-0.39, 0.29) is 0 Å². The minimum Gasteiger partial charge on any atom is -0.310 e. The minimum absolute atomic E-state index is 0.780. The average molecular weight is 236 g/mol. The Morgan fingerprint density at radius 2 is 1.88 bits per heavy atom. The third-order valence-corrected chi connectivity index (χ3v) is 5.07. The smallest absolute Gasteiger partial charge is 0.0200 e. The van der Waals surface area contributed by atoms with Crippen molar-refractivity contribution in [2.24, 2.45) is 11.8 Å². The zero-order valence-corrected chi connectivity index (χ0v) is 11.5. The summed E-state index contributed by atoms with van der Waals surface area (Å²) < 4.78 is 0. The molecule has 3 atom stereocenters. The molecule has 17 heavy (non-hydrogen) atoms. The number of nitrogens with one attached hydrogen (secondary N) is 1. The quantitative estimate of drug-likeness (QED) is 0.789. The lowest BCUT2D eigenvalue weighted by Gasteiger charge is -2.41. The molecule has 2 nitrogen and oxygen atoms in total. The van der Waals surface area contributed by atoms with Gasteiger partial charge in [-0.05, 0) is 50.9 Å². The molecule has 98 valence electrons. The molecule has 0 aromatic heterocycles. The van der Waals surface area contributed by atoms with E-state index in [2.05, 4.69) is 24.1 Å². The summed E-state index contributed by atoms with van der Waals surface area (Å²) in [6.45, 7) is 7.50. The van der Waals surface area contributed by atoms with Crippen LogP contribution in [-0.2, 0) is 0 Å². The van der Waals surface area contributed by atoms with Crippen molar-refractivity contribution in [3.8, 4) is 0 Å². The SMILES string of the molecule is CCC1CC(NC2CC2)CN(C(C)C2CC2)C1. The number of likely N-dealkylation sites (tertiary alicyclic amines) is 1. The summed E-state index contributed by atoms with van der Waals surface area (Å²) in [6, 6.07) is 2.49. The van der Waals surface area contributed by atoms with Gasteiger partial charge in [-0.1, -0.05) is 13.3 Å². The highest BCUT2D eigenvalue weighted by Crippen LogP contribution is 2.37. The predicted octanol–water partition coefficient (Wildman–Crippen LogP) is 2.64. The zero-order valence-electron chi connectivity index (χ0n) is 11.5. The molecule has 0 bridgehead atoms. The van der Waals surface area contributed by atoms with Crippen LogP contribution in [0.25, 0.3) is 0 Å². The predicted molar refractivity (Wildman–Crippen MR) is 72.1 cm³/mol. The maximum atomic E-state index is 3.86. The summed E-state index contributed by atoms with van der Waals surface area (Å²) in [5, 5.41) is 3.86. The summed E-state index contributed by atoms with van der Waals surface area (Å²) in [6.07, 6.45) is 8.58. The number of nitrogens with zero attached hydrogens (tertiary/aromatic N) is 1. The van der Waals surface area contributed by atoms with E-state index in [4.69, 9.17) is 0 Å². The summed E-state index contributed by atoms with van der Waals surface area (Å²) in [5.74, 6) is 1.95. The lowest BCUT2D eigenvalue weighted by molar-refractivity contribution is 0.0921. The Morgan fingerprint density at radius 3 is 2.47 bits per heavy atom. The van der Waals surface area contributed by atoms with Gasteiger partial charge in [0.25, 0.3) is 0 Å². The Hall–Kier alpha value is -0.0800. The Bertz CT molecular complexity index is 258. The molecule has 0 spiro atoms. The van der Waals surface area contributed by atoms with Crippen LogP contribution in [0.4, 0.5) is 0 Å². The van der Waals surface area contributed by atoms with Crippen LogP contribution in [0.5, 0.6) is 0 Å². The van der Waals surface area contributed by atoms with Crippen molar-refractivity contribution in [1.29, 1.82) is 0 Å². The van der Waals surface area contributed by atoms with E-state index >= 15 is 0 Å². The van der Waals surface area contributed by atoms with Gasteiger partial charge in [0, 0.05) is 31.2 Å². The first-order valence-corrected chi connectivity index (χ1v) is 7.76. The van der Waals surface area contributed by atoms with Gasteiger partial charge in [-0.2, -0.15) is 0 Å². The van der Waals surface area contributed by atoms with Gasteiger partial charge >= 0.3 is 0 Å². The molecule has 3 rings (SSSR count). The van der Waals surface area contributed by atoms with Crippen LogP contribution in [-0.4, -0.2) is 36.1 Å². The van der Waals surface area contributed by atoms with Crippen molar-refractivity contribution in [3.63, 3.8) is 0 Å². The van der Waals surface area contributed by atoms with E-state index in [1.807, 2.05) is 0 Å². The molecule has 1 aliphatic heterocycles. The maximum Gasteiger partial charge on any atom is 0.0200 e. The van der Waals surface area contributed by atoms with Crippen LogP contribution in [0.1, 0.15) is 52.4 Å². The molecule has 1 N–H and O–H groups in total. The molecular formula is C15H28N2. The first kappa shape index (κ1) is 12.0. The van der Waals surface area contributed by atoms with E-state index in [1.165, 1.54) is 51.6 Å². The van der Waals surface area contributed by atoms with Crippen LogP contribution in [0, 0.1) is 11.8 Å². The molecule has 2 saturated carbocycles. The Balaban J connectivity index is 1.57. The van der Waals surface area contributed by atoms with E-state index in [0.717, 1.165) is 30.0 Å². The van der Waals surface area contributed by atoms with E-state index in [0.29, 0.717) is 0 Å². The van der Waals surface area contributed by atoms with Crippen LogP contribution in [0.15, 0.2) is 0 Å². The molecule has 3 unspecified atom stereocenters. The lowest BCUT2D eigenvalue weighted by atomic mass is 9.90. The van der Waals surface area contributed by atoms with Crippen molar-refractivity contribution in [1.82, 2.24) is 10.2 Å². The number of hydrogen-bond donors (Lipinski definition) is 1. The van der Waals surface area contributed by atoms with Gasteiger partial charge in [0.2, 0.25) is 0 Å². The van der Waals surface area contributed by atoms with Crippen molar-refractivity contribution < 1.29 is 0 Å². The largest absolute Gasteiger partial charge is 0.310 e. The molecule has 1 saturated heterocycles. The Labute approximate surface area is 106 Å².